The summed E-state index contributed by atoms with van der Waals surface area (Å²) in [7, 11) is 3.99. The Balaban J connectivity index is 1.45. The van der Waals surface area contributed by atoms with E-state index in [2.05, 4.69) is 22.0 Å². The fraction of sp³-hybridized carbons (Fsp3) is 0.571. The van der Waals surface area contributed by atoms with Crippen LogP contribution >= 0.6 is 0 Å². The van der Waals surface area contributed by atoms with E-state index in [1.54, 1.807) is 6.92 Å². The van der Waals surface area contributed by atoms with Crippen molar-refractivity contribution in [2.45, 2.75) is 38.2 Å². The van der Waals surface area contributed by atoms with Crippen molar-refractivity contribution in [2.75, 3.05) is 43.5 Å². The molecular formula is C21H28N4O2. The first-order valence-electron chi connectivity index (χ1n) is 9.75. The molecule has 1 fully saturated rings. The molecule has 1 aliphatic carbocycles. The number of hydrogen-bond donors (Lipinski definition) is 1. The summed E-state index contributed by atoms with van der Waals surface area (Å²) in [5.74, 6) is 1.45. The first-order valence-corrected chi connectivity index (χ1v) is 9.75. The second-order valence-electron chi connectivity index (χ2n) is 8.38. The van der Waals surface area contributed by atoms with E-state index >= 15 is 0 Å². The van der Waals surface area contributed by atoms with Crippen molar-refractivity contribution in [2.24, 2.45) is 10.9 Å². The highest BCUT2D eigenvalue weighted by molar-refractivity contribution is 6.08. The van der Waals surface area contributed by atoms with Crippen LogP contribution in [0.1, 0.15) is 32.6 Å². The van der Waals surface area contributed by atoms with Gasteiger partial charge < -0.3 is 14.9 Å². The van der Waals surface area contributed by atoms with Crippen molar-refractivity contribution in [3.63, 3.8) is 0 Å². The Kier molecular flexibility index (Phi) is 4.54. The maximum atomic E-state index is 11.9. The largest absolute Gasteiger partial charge is 0.385 e. The van der Waals surface area contributed by atoms with Gasteiger partial charge in [0.2, 0.25) is 0 Å². The summed E-state index contributed by atoms with van der Waals surface area (Å²) in [4.78, 5) is 25.6. The van der Waals surface area contributed by atoms with Crippen LogP contribution < -0.4 is 9.80 Å². The number of Topliss-reactive ketones (excluding diaryl/α,β-unsaturated/α-hetero) is 1. The van der Waals surface area contributed by atoms with Crippen molar-refractivity contribution >= 4 is 23.0 Å². The summed E-state index contributed by atoms with van der Waals surface area (Å²) in [6.45, 7) is 4.27. The third kappa shape index (κ3) is 3.38. The smallest absolute Gasteiger partial charge is 0.140 e. The summed E-state index contributed by atoms with van der Waals surface area (Å²) in [6, 6.07) is 4.18. The van der Waals surface area contributed by atoms with Gasteiger partial charge in [0.1, 0.15) is 11.6 Å². The molecule has 27 heavy (non-hydrogen) atoms. The van der Waals surface area contributed by atoms with Crippen LogP contribution in [0.15, 0.2) is 34.5 Å². The number of carbonyl (C=O) groups is 1. The van der Waals surface area contributed by atoms with Gasteiger partial charge in [0, 0.05) is 57.2 Å². The molecule has 1 atom stereocenters. The van der Waals surface area contributed by atoms with E-state index < -0.39 is 5.60 Å². The number of rotatable bonds is 3. The minimum Gasteiger partial charge on any atom is -0.385 e. The molecule has 0 saturated carbocycles. The molecule has 6 nitrogen and oxygen atoms in total. The van der Waals surface area contributed by atoms with Crippen LogP contribution in [-0.2, 0) is 4.79 Å². The number of pyridine rings is 1. The number of aromatic nitrogens is 1. The molecule has 6 heteroatoms. The molecule has 1 N–H and O–H groups in total. The second kappa shape index (κ2) is 6.75. The Morgan fingerprint density at radius 1 is 1.26 bits per heavy atom. The first kappa shape index (κ1) is 18.2. The molecule has 0 radical (unpaired) electrons. The lowest BCUT2D eigenvalue weighted by Gasteiger charge is -2.37. The van der Waals surface area contributed by atoms with Crippen LogP contribution in [-0.4, -0.2) is 60.9 Å². The predicted molar refractivity (Wildman–Crippen MR) is 108 cm³/mol. The Morgan fingerprint density at radius 3 is 2.63 bits per heavy atom. The first-order chi connectivity index (χ1) is 12.8. The zero-order chi connectivity index (χ0) is 19.2. The second-order valence-corrected chi connectivity index (χ2v) is 8.38. The van der Waals surface area contributed by atoms with E-state index in [0.717, 1.165) is 54.3 Å². The van der Waals surface area contributed by atoms with Gasteiger partial charge >= 0.3 is 0 Å². The van der Waals surface area contributed by atoms with Gasteiger partial charge in [-0.15, -0.1) is 0 Å². The molecule has 4 rings (SSSR count). The van der Waals surface area contributed by atoms with Gasteiger partial charge in [0.05, 0.1) is 24.0 Å². The molecule has 1 aromatic rings. The Bertz CT molecular complexity index is 800. The summed E-state index contributed by atoms with van der Waals surface area (Å²) >= 11 is 0. The number of aliphatic hydroxyl groups is 1. The molecule has 3 aliphatic rings. The minimum atomic E-state index is -1.05. The third-order valence-corrected chi connectivity index (χ3v) is 5.98. The van der Waals surface area contributed by atoms with Gasteiger partial charge in [0.15, 0.2) is 0 Å². The number of piperidine rings is 1. The molecule has 0 amide bonds. The quantitative estimate of drug-likeness (QED) is 0.886. The molecular weight excluding hydrogens is 340 g/mol. The van der Waals surface area contributed by atoms with Crippen LogP contribution in [0.25, 0.3) is 0 Å². The zero-order valence-electron chi connectivity index (χ0n) is 16.4. The number of carbonyl (C=O) groups excluding carboxylic acids is 1. The van der Waals surface area contributed by atoms with E-state index in [4.69, 9.17) is 4.99 Å². The highest BCUT2D eigenvalue weighted by atomic mass is 16.3. The summed E-state index contributed by atoms with van der Waals surface area (Å²) < 4.78 is 0. The molecule has 1 aromatic heterocycles. The lowest BCUT2D eigenvalue weighted by atomic mass is 9.74. The SMILES string of the molecule is CN(C)c1ccc(N2CCC(C3=NCC4=C3C(C)(O)CC(=O)C4)CC2)cn1. The molecule has 0 aromatic carbocycles. The van der Waals surface area contributed by atoms with E-state index in [1.165, 1.54) is 0 Å². The van der Waals surface area contributed by atoms with Crippen molar-refractivity contribution in [3.8, 4) is 0 Å². The van der Waals surface area contributed by atoms with Crippen molar-refractivity contribution in [3.05, 3.63) is 29.5 Å². The average Bonchev–Trinajstić information content (AvgIpc) is 3.06. The summed E-state index contributed by atoms with van der Waals surface area (Å²) in [5.41, 5.74) is 3.17. The van der Waals surface area contributed by atoms with E-state index in [0.29, 0.717) is 18.9 Å². The van der Waals surface area contributed by atoms with Gasteiger partial charge in [-0.3, -0.25) is 9.79 Å². The molecule has 1 unspecified atom stereocenters. The number of ketones is 1. The number of nitrogens with zero attached hydrogens (tertiary/aromatic N) is 4. The van der Waals surface area contributed by atoms with Crippen LogP contribution in [0.3, 0.4) is 0 Å². The maximum absolute atomic E-state index is 11.9. The summed E-state index contributed by atoms with van der Waals surface area (Å²) in [5, 5.41) is 10.8. The topological polar surface area (TPSA) is 69.0 Å². The third-order valence-electron chi connectivity index (χ3n) is 5.98. The van der Waals surface area contributed by atoms with Gasteiger partial charge in [-0.05, 0) is 37.5 Å². The zero-order valence-corrected chi connectivity index (χ0v) is 16.4. The molecule has 3 heterocycles. The normalized spacial score (nSPS) is 26.3. The highest BCUT2D eigenvalue weighted by Gasteiger charge is 2.43. The van der Waals surface area contributed by atoms with E-state index in [-0.39, 0.29) is 12.2 Å². The fourth-order valence-corrected chi connectivity index (χ4v) is 4.67. The van der Waals surface area contributed by atoms with Crippen molar-refractivity contribution in [1.82, 2.24) is 4.98 Å². The van der Waals surface area contributed by atoms with Crippen molar-refractivity contribution in [1.29, 1.82) is 0 Å². The Labute approximate surface area is 160 Å². The Morgan fingerprint density at radius 2 is 2.00 bits per heavy atom. The van der Waals surface area contributed by atoms with Crippen LogP contribution in [0.4, 0.5) is 11.5 Å². The van der Waals surface area contributed by atoms with Gasteiger partial charge in [-0.25, -0.2) is 4.98 Å². The molecule has 144 valence electrons. The van der Waals surface area contributed by atoms with E-state index in [9.17, 15) is 9.90 Å². The van der Waals surface area contributed by atoms with Gasteiger partial charge in [-0.2, -0.15) is 0 Å². The highest BCUT2D eigenvalue weighted by Crippen LogP contribution is 2.40. The number of aliphatic imine (C=N–C) groups is 1. The lowest BCUT2D eigenvalue weighted by molar-refractivity contribution is -0.122. The minimum absolute atomic E-state index is 0.124. The molecule has 0 spiro atoms. The lowest BCUT2D eigenvalue weighted by Crippen LogP contribution is -2.42. The molecule has 2 aliphatic heterocycles. The van der Waals surface area contributed by atoms with Crippen LogP contribution in [0.5, 0.6) is 0 Å². The fourth-order valence-electron chi connectivity index (χ4n) is 4.67. The standard InChI is InChI=1S/C21H28N4O2/c1-21(27)11-17(26)10-15-12-23-20(19(15)21)14-6-8-25(9-7-14)16-4-5-18(22-13-16)24(2)3/h4-5,13-14,27H,6-12H2,1-3H3. The van der Waals surface area contributed by atoms with Gasteiger partial charge in [-0.1, -0.05) is 0 Å². The monoisotopic (exact) mass is 368 g/mol. The van der Waals surface area contributed by atoms with Gasteiger partial charge in [0.25, 0.3) is 0 Å². The number of anilines is 2. The van der Waals surface area contributed by atoms with Crippen molar-refractivity contribution < 1.29 is 9.90 Å². The maximum Gasteiger partial charge on any atom is 0.140 e. The Hall–Kier alpha value is -2.21. The van der Waals surface area contributed by atoms with Crippen LogP contribution in [0, 0.1) is 5.92 Å². The summed E-state index contributed by atoms with van der Waals surface area (Å²) in [6.07, 6.45) is 4.64. The van der Waals surface area contributed by atoms with E-state index in [1.807, 2.05) is 25.2 Å². The average molecular weight is 368 g/mol. The molecule has 1 saturated heterocycles. The predicted octanol–water partition coefficient (Wildman–Crippen LogP) is 2.23. The number of hydrogen-bond acceptors (Lipinski definition) is 6. The molecule has 0 bridgehead atoms. The van der Waals surface area contributed by atoms with Crippen LogP contribution in [0.2, 0.25) is 0 Å².